The first kappa shape index (κ1) is 26.1. The molecule has 36 heavy (non-hydrogen) atoms. The number of aromatic nitrogens is 1. The first-order valence-electron chi connectivity index (χ1n) is 11.4. The number of benzene rings is 2. The van der Waals surface area contributed by atoms with Gasteiger partial charge in [0.15, 0.2) is 4.80 Å². The molecule has 1 saturated heterocycles. The number of halogens is 1. The van der Waals surface area contributed by atoms with Crippen LogP contribution in [0.4, 0.5) is 10.1 Å². The topological polar surface area (TPSA) is 124 Å². The van der Waals surface area contributed by atoms with Crippen LogP contribution in [-0.2, 0) is 26.1 Å². The Morgan fingerprint density at radius 2 is 1.92 bits per heavy atom. The quantitative estimate of drug-likeness (QED) is 0.247. The second-order valence-electron chi connectivity index (χ2n) is 8.22. The third-order valence-corrected chi connectivity index (χ3v) is 8.95. The van der Waals surface area contributed by atoms with Crippen molar-refractivity contribution in [3.8, 4) is 0 Å². The van der Waals surface area contributed by atoms with Crippen molar-refractivity contribution in [2.75, 3.05) is 26.3 Å². The maximum absolute atomic E-state index is 13.2. The van der Waals surface area contributed by atoms with Gasteiger partial charge in [-0.25, -0.2) is 12.8 Å². The number of nitrogens with zero attached hydrogens (tertiary/aromatic N) is 4. The van der Waals surface area contributed by atoms with E-state index in [-0.39, 0.29) is 29.6 Å². The number of thiazole rings is 1. The fraction of sp³-hybridized carbons (Fsp3) is 0.391. The van der Waals surface area contributed by atoms with E-state index in [9.17, 15) is 27.7 Å². The van der Waals surface area contributed by atoms with Crippen LogP contribution >= 0.6 is 11.3 Å². The summed E-state index contributed by atoms with van der Waals surface area (Å²) in [4.78, 5) is 28.5. The van der Waals surface area contributed by atoms with Crippen LogP contribution in [-0.4, -0.2) is 54.4 Å². The van der Waals surface area contributed by atoms with Gasteiger partial charge in [0.25, 0.3) is 11.6 Å². The van der Waals surface area contributed by atoms with Gasteiger partial charge in [-0.1, -0.05) is 11.3 Å². The minimum atomic E-state index is -3.78. The highest BCUT2D eigenvalue weighted by molar-refractivity contribution is 7.89. The Balaban J connectivity index is 1.54. The second kappa shape index (κ2) is 10.9. The summed E-state index contributed by atoms with van der Waals surface area (Å²) in [7, 11) is -3.78. The number of fused-ring (bicyclic) bond motifs is 1. The van der Waals surface area contributed by atoms with Crippen LogP contribution in [0.15, 0.2) is 52.4 Å². The number of nitro benzene ring substituents is 1. The summed E-state index contributed by atoms with van der Waals surface area (Å²) in [5, 5.41) is 11.2. The lowest BCUT2D eigenvalue weighted by atomic mass is 9.98. The highest BCUT2D eigenvalue weighted by atomic mass is 32.2. The van der Waals surface area contributed by atoms with E-state index >= 15 is 0 Å². The molecule has 3 aromatic rings. The van der Waals surface area contributed by atoms with Crippen molar-refractivity contribution >= 4 is 43.2 Å². The number of sulfonamides is 1. The van der Waals surface area contributed by atoms with E-state index in [0.29, 0.717) is 42.1 Å². The molecule has 1 aromatic heterocycles. The molecule has 192 valence electrons. The molecule has 0 saturated carbocycles. The molecule has 1 aliphatic heterocycles. The highest BCUT2D eigenvalue weighted by Gasteiger charge is 2.32. The van der Waals surface area contributed by atoms with Crippen molar-refractivity contribution in [1.29, 1.82) is 0 Å². The number of amides is 1. The van der Waals surface area contributed by atoms with Crippen molar-refractivity contribution in [3.05, 3.63) is 63.2 Å². The summed E-state index contributed by atoms with van der Waals surface area (Å²) in [5.74, 6) is -1.33. The first-order valence-corrected chi connectivity index (χ1v) is 13.7. The molecule has 0 atom stereocenters. The van der Waals surface area contributed by atoms with Crippen LogP contribution in [0.1, 0.15) is 19.8 Å². The van der Waals surface area contributed by atoms with Gasteiger partial charge in [0.05, 0.1) is 26.6 Å². The van der Waals surface area contributed by atoms with Gasteiger partial charge in [0.2, 0.25) is 10.0 Å². The van der Waals surface area contributed by atoms with E-state index in [4.69, 9.17) is 4.74 Å². The van der Waals surface area contributed by atoms with Gasteiger partial charge in [0.1, 0.15) is 5.82 Å². The summed E-state index contributed by atoms with van der Waals surface area (Å²) in [6, 6.07) is 9.16. The summed E-state index contributed by atoms with van der Waals surface area (Å²) in [5.41, 5.74) is 0.672. The molecule has 1 fully saturated rings. The second-order valence-corrected chi connectivity index (χ2v) is 11.2. The average Bonchev–Trinajstić information content (AvgIpc) is 3.20. The van der Waals surface area contributed by atoms with Crippen LogP contribution in [0.5, 0.6) is 0 Å². The summed E-state index contributed by atoms with van der Waals surface area (Å²) >= 11 is 1.19. The minimum absolute atomic E-state index is 0.00748. The van der Waals surface area contributed by atoms with Crippen molar-refractivity contribution in [1.82, 2.24) is 8.87 Å². The Morgan fingerprint density at radius 3 is 2.56 bits per heavy atom. The predicted molar refractivity (Wildman–Crippen MR) is 131 cm³/mol. The molecular weight excluding hydrogens is 511 g/mol. The molecule has 1 aliphatic rings. The zero-order valence-electron chi connectivity index (χ0n) is 19.5. The number of hydrogen-bond acceptors (Lipinski definition) is 7. The first-order chi connectivity index (χ1) is 17.2. The largest absolute Gasteiger partial charge is 0.380 e. The van der Waals surface area contributed by atoms with E-state index in [2.05, 4.69) is 4.99 Å². The molecule has 13 heteroatoms. The Kier molecular flexibility index (Phi) is 7.93. The van der Waals surface area contributed by atoms with Crippen LogP contribution < -0.4 is 4.80 Å². The monoisotopic (exact) mass is 536 g/mol. The number of hydrogen-bond donors (Lipinski definition) is 0. The van der Waals surface area contributed by atoms with E-state index in [1.165, 1.54) is 39.9 Å². The number of carbonyl (C=O) groups is 1. The summed E-state index contributed by atoms with van der Waals surface area (Å²) in [6.45, 7) is 3.51. The molecule has 4 rings (SSSR count). The maximum Gasteiger partial charge on any atom is 0.270 e. The van der Waals surface area contributed by atoms with Gasteiger partial charge in [0, 0.05) is 44.3 Å². The lowest BCUT2D eigenvalue weighted by Crippen LogP contribution is -2.40. The standard InChI is InChI=1S/C23H25FN4O6S2/c1-2-34-14-13-27-20-8-5-18(28(30)31)15-21(20)35-23(27)25-22(29)16-9-11-26(12-10-16)36(32,33)19-6-3-17(24)4-7-19/h3-8,15-16H,2,9-14H2,1H3. The van der Waals surface area contributed by atoms with Crippen molar-refractivity contribution in [2.24, 2.45) is 10.9 Å². The van der Waals surface area contributed by atoms with E-state index < -0.39 is 26.7 Å². The fourth-order valence-electron chi connectivity index (χ4n) is 4.06. The number of ether oxygens (including phenoxy) is 1. The number of piperidine rings is 1. The lowest BCUT2D eigenvalue weighted by molar-refractivity contribution is -0.384. The predicted octanol–water partition coefficient (Wildman–Crippen LogP) is 3.31. The van der Waals surface area contributed by atoms with Crippen LogP contribution in [0.2, 0.25) is 0 Å². The van der Waals surface area contributed by atoms with Crippen LogP contribution in [0, 0.1) is 21.8 Å². The molecule has 0 spiro atoms. The molecule has 0 radical (unpaired) electrons. The van der Waals surface area contributed by atoms with Crippen molar-refractivity contribution in [2.45, 2.75) is 31.2 Å². The van der Waals surface area contributed by atoms with Crippen LogP contribution in [0.25, 0.3) is 10.2 Å². The van der Waals surface area contributed by atoms with Gasteiger partial charge in [-0.3, -0.25) is 14.9 Å². The lowest BCUT2D eigenvalue weighted by Gasteiger charge is -2.29. The maximum atomic E-state index is 13.2. The molecule has 10 nitrogen and oxygen atoms in total. The number of non-ortho nitro benzene ring substituents is 1. The third-order valence-electron chi connectivity index (χ3n) is 6.00. The minimum Gasteiger partial charge on any atom is -0.380 e. The smallest absolute Gasteiger partial charge is 0.270 e. The van der Waals surface area contributed by atoms with Crippen molar-refractivity contribution < 1.29 is 27.3 Å². The van der Waals surface area contributed by atoms with Gasteiger partial charge >= 0.3 is 0 Å². The van der Waals surface area contributed by atoms with Crippen LogP contribution in [0.3, 0.4) is 0 Å². The molecular formula is C23H25FN4O6S2. The molecule has 2 heterocycles. The number of nitro groups is 1. The van der Waals surface area contributed by atoms with E-state index in [1.54, 1.807) is 6.07 Å². The molecule has 0 bridgehead atoms. The third kappa shape index (κ3) is 5.53. The zero-order chi connectivity index (χ0) is 25.9. The fourth-order valence-corrected chi connectivity index (χ4v) is 6.63. The Morgan fingerprint density at radius 1 is 1.22 bits per heavy atom. The summed E-state index contributed by atoms with van der Waals surface area (Å²) in [6.07, 6.45) is 0.607. The van der Waals surface area contributed by atoms with Crippen molar-refractivity contribution in [3.63, 3.8) is 0 Å². The zero-order valence-corrected chi connectivity index (χ0v) is 21.1. The summed E-state index contributed by atoms with van der Waals surface area (Å²) < 4.78 is 48.1. The van der Waals surface area contributed by atoms with Gasteiger partial charge in [-0.2, -0.15) is 9.30 Å². The Hall–Kier alpha value is -3.00. The molecule has 0 N–H and O–H groups in total. The van der Waals surface area contributed by atoms with Gasteiger partial charge in [-0.15, -0.1) is 0 Å². The molecule has 0 aliphatic carbocycles. The van der Waals surface area contributed by atoms with E-state index in [0.717, 1.165) is 17.6 Å². The molecule has 2 aromatic carbocycles. The Bertz CT molecular complexity index is 1440. The highest BCUT2D eigenvalue weighted by Crippen LogP contribution is 2.26. The van der Waals surface area contributed by atoms with Gasteiger partial charge < -0.3 is 9.30 Å². The van der Waals surface area contributed by atoms with E-state index in [1.807, 2.05) is 11.5 Å². The van der Waals surface area contributed by atoms with Gasteiger partial charge in [-0.05, 0) is 50.1 Å². The molecule has 0 unspecified atom stereocenters. The number of carbonyl (C=O) groups excluding carboxylic acids is 1. The number of rotatable bonds is 8. The SMILES string of the molecule is CCOCCn1c(=NC(=O)C2CCN(S(=O)(=O)c3ccc(F)cc3)CC2)sc2cc([N+](=O)[O-])ccc21. The molecule has 1 amide bonds. The Labute approximate surface area is 210 Å². The average molecular weight is 537 g/mol. The normalized spacial score (nSPS) is 16.0.